The summed E-state index contributed by atoms with van der Waals surface area (Å²) in [5, 5.41) is 0. The number of hydrogen-bond donors (Lipinski definition) is 1. The van der Waals surface area contributed by atoms with Crippen molar-refractivity contribution in [3.63, 3.8) is 0 Å². The van der Waals surface area contributed by atoms with Gasteiger partial charge in [-0.05, 0) is 42.5 Å². The van der Waals surface area contributed by atoms with Crippen molar-refractivity contribution in [1.82, 2.24) is 0 Å². The molecule has 2 heteroatoms. The predicted molar refractivity (Wildman–Crippen MR) is 66.6 cm³/mol. The Bertz CT molecular complexity index is 333. The van der Waals surface area contributed by atoms with Crippen LogP contribution in [0.25, 0.3) is 0 Å². The molecular formula is C14H21NO. The average molecular weight is 219 g/mol. The van der Waals surface area contributed by atoms with Crippen molar-refractivity contribution in [2.45, 2.75) is 25.7 Å². The highest BCUT2D eigenvalue weighted by atomic mass is 16.5. The zero-order chi connectivity index (χ0) is 11.4. The van der Waals surface area contributed by atoms with Crippen molar-refractivity contribution in [2.24, 2.45) is 17.6 Å². The van der Waals surface area contributed by atoms with Crippen LogP contribution in [-0.4, -0.2) is 13.7 Å². The van der Waals surface area contributed by atoms with E-state index in [-0.39, 0.29) is 0 Å². The summed E-state index contributed by atoms with van der Waals surface area (Å²) >= 11 is 0. The van der Waals surface area contributed by atoms with Gasteiger partial charge in [0.2, 0.25) is 0 Å². The Labute approximate surface area is 97.8 Å². The minimum Gasteiger partial charge on any atom is -0.497 e. The lowest BCUT2D eigenvalue weighted by atomic mass is 9.73. The maximum Gasteiger partial charge on any atom is 0.119 e. The van der Waals surface area contributed by atoms with E-state index in [4.69, 9.17) is 10.5 Å². The van der Waals surface area contributed by atoms with E-state index in [0.29, 0.717) is 5.92 Å². The molecule has 1 aromatic carbocycles. The van der Waals surface area contributed by atoms with Gasteiger partial charge in [0.1, 0.15) is 5.75 Å². The topological polar surface area (TPSA) is 35.2 Å². The van der Waals surface area contributed by atoms with Crippen LogP contribution < -0.4 is 10.5 Å². The van der Waals surface area contributed by atoms with Gasteiger partial charge in [-0.25, -0.2) is 0 Å². The minimum absolute atomic E-state index is 0.654. The summed E-state index contributed by atoms with van der Waals surface area (Å²) in [5.74, 6) is 2.46. The van der Waals surface area contributed by atoms with Gasteiger partial charge >= 0.3 is 0 Å². The van der Waals surface area contributed by atoms with Crippen LogP contribution in [0.3, 0.4) is 0 Å². The first kappa shape index (κ1) is 11.5. The summed E-state index contributed by atoms with van der Waals surface area (Å²) in [5.41, 5.74) is 7.22. The second-order valence-corrected chi connectivity index (χ2v) is 4.74. The van der Waals surface area contributed by atoms with Gasteiger partial charge in [0, 0.05) is 0 Å². The van der Waals surface area contributed by atoms with Gasteiger partial charge in [-0.2, -0.15) is 0 Å². The molecule has 1 saturated carbocycles. The molecule has 1 aliphatic carbocycles. The Balaban J connectivity index is 2.00. The van der Waals surface area contributed by atoms with Crippen LogP contribution in [0.4, 0.5) is 0 Å². The Morgan fingerprint density at radius 2 is 2.25 bits per heavy atom. The fourth-order valence-electron chi connectivity index (χ4n) is 2.46. The molecule has 1 unspecified atom stereocenters. The van der Waals surface area contributed by atoms with E-state index in [9.17, 15) is 0 Å². The molecule has 0 spiro atoms. The Hall–Kier alpha value is -1.02. The summed E-state index contributed by atoms with van der Waals surface area (Å²) in [4.78, 5) is 0. The second kappa shape index (κ2) is 5.35. The van der Waals surface area contributed by atoms with Gasteiger partial charge in [-0.15, -0.1) is 0 Å². The monoisotopic (exact) mass is 219 g/mol. The fourth-order valence-corrected chi connectivity index (χ4v) is 2.46. The summed E-state index contributed by atoms with van der Waals surface area (Å²) in [6.45, 7) is 0.807. The Kier molecular flexibility index (Phi) is 3.83. The van der Waals surface area contributed by atoms with Crippen LogP contribution in [0, 0.1) is 11.8 Å². The van der Waals surface area contributed by atoms with Gasteiger partial charge in [0.25, 0.3) is 0 Å². The lowest BCUT2D eigenvalue weighted by molar-refractivity contribution is 0.209. The molecule has 1 aliphatic rings. The molecule has 2 rings (SSSR count). The molecule has 2 nitrogen and oxygen atoms in total. The van der Waals surface area contributed by atoms with Crippen LogP contribution >= 0.6 is 0 Å². The van der Waals surface area contributed by atoms with E-state index >= 15 is 0 Å². The van der Waals surface area contributed by atoms with Crippen molar-refractivity contribution in [2.75, 3.05) is 13.7 Å². The molecule has 0 radical (unpaired) electrons. The number of hydrogen-bond acceptors (Lipinski definition) is 2. The molecule has 0 aromatic heterocycles. The quantitative estimate of drug-likeness (QED) is 0.826. The highest BCUT2D eigenvalue weighted by molar-refractivity contribution is 5.28. The highest BCUT2D eigenvalue weighted by Gasteiger charge is 2.26. The van der Waals surface area contributed by atoms with Crippen molar-refractivity contribution in [3.8, 4) is 5.75 Å². The molecule has 1 fully saturated rings. The molecule has 16 heavy (non-hydrogen) atoms. The predicted octanol–water partition coefficient (Wildman–Crippen LogP) is 2.61. The Morgan fingerprint density at radius 3 is 2.81 bits per heavy atom. The normalized spacial score (nSPS) is 17.9. The fraction of sp³-hybridized carbons (Fsp3) is 0.571. The van der Waals surface area contributed by atoms with Crippen LogP contribution in [0.1, 0.15) is 24.8 Å². The van der Waals surface area contributed by atoms with E-state index in [1.165, 1.54) is 24.8 Å². The first-order valence-corrected chi connectivity index (χ1v) is 6.16. The van der Waals surface area contributed by atoms with E-state index < -0.39 is 0 Å². The highest BCUT2D eigenvalue weighted by Crippen LogP contribution is 2.34. The average Bonchev–Trinajstić information content (AvgIpc) is 2.26. The zero-order valence-corrected chi connectivity index (χ0v) is 9.99. The number of methoxy groups -OCH3 is 1. The van der Waals surface area contributed by atoms with Gasteiger partial charge in [-0.3, -0.25) is 0 Å². The lowest BCUT2D eigenvalue weighted by Gasteiger charge is -2.33. The standard InChI is InChI=1S/C14H21NO/c1-16-14-7-2-4-11(9-14)8-13(10-15)12-5-3-6-12/h2,4,7,9,12-13H,3,5-6,8,10,15H2,1H3. The van der Waals surface area contributed by atoms with Gasteiger partial charge in [-0.1, -0.05) is 31.4 Å². The molecule has 1 aromatic rings. The summed E-state index contributed by atoms with van der Waals surface area (Å²) in [6.07, 6.45) is 5.22. The molecule has 88 valence electrons. The summed E-state index contributed by atoms with van der Waals surface area (Å²) in [6, 6.07) is 8.35. The largest absolute Gasteiger partial charge is 0.497 e. The van der Waals surface area contributed by atoms with E-state index in [1.54, 1.807) is 7.11 Å². The first-order valence-electron chi connectivity index (χ1n) is 6.16. The number of rotatable bonds is 5. The summed E-state index contributed by atoms with van der Waals surface area (Å²) < 4.78 is 5.24. The van der Waals surface area contributed by atoms with Crippen LogP contribution in [0.2, 0.25) is 0 Å². The molecule has 0 saturated heterocycles. The van der Waals surface area contributed by atoms with Crippen LogP contribution in [0.15, 0.2) is 24.3 Å². The van der Waals surface area contributed by atoms with Gasteiger partial charge < -0.3 is 10.5 Å². The van der Waals surface area contributed by atoms with Crippen molar-refractivity contribution in [1.29, 1.82) is 0 Å². The lowest BCUT2D eigenvalue weighted by Crippen LogP contribution is -2.30. The molecule has 0 heterocycles. The minimum atomic E-state index is 0.654. The molecule has 0 amide bonds. The van der Waals surface area contributed by atoms with Crippen LogP contribution in [0.5, 0.6) is 5.75 Å². The zero-order valence-electron chi connectivity index (χ0n) is 9.99. The molecular weight excluding hydrogens is 198 g/mol. The maximum atomic E-state index is 5.87. The van der Waals surface area contributed by atoms with Crippen molar-refractivity contribution in [3.05, 3.63) is 29.8 Å². The number of benzene rings is 1. The third kappa shape index (κ3) is 2.56. The van der Waals surface area contributed by atoms with Gasteiger partial charge in [0.05, 0.1) is 7.11 Å². The van der Waals surface area contributed by atoms with E-state index in [0.717, 1.165) is 24.6 Å². The van der Waals surface area contributed by atoms with E-state index in [1.807, 2.05) is 6.07 Å². The maximum absolute atomic E-state index is 5.87. The SMILES string of the molecule is COc1cccc(CC(CN)C2CCC2)c1. The second-order valence-electron chi connectivity index (χ2n) is 4.74. The van der Waals surface area contributed by atoms with Crippen molar-refractivity contribution < 1.29 is 4.74 Å². The first-order chi connectivity index (χ1) is 7.83. The number of nitrogens with two attached hydrogens (primary N) is 1. The molecule has 1 atom stereocenters. The van der Waals surface area contributed by atoms with Crippen molar-refractivity contribution >= 4 is 0 Å². The van der Waals surface area contributed by atoms with Gasteiger partial charge in [0.15, 0.2) is 0 Å². The number of ether oxygens (including phenoxy) is 1. The Morgan fingerprint density at radius 1 is 1.44 bits per heavy atom. The van der Waals surface area contributed by atoms with E-state index in [2.05, 4.69) is 18.2 Å². The van der Waals surface area contributed by atoms with Crippen LogP contribution in [-0.2, 0) is 6.42 Å². The summed E-state index contributed by atoms with van der Waals surface area (Å²) in [7, 11) is 1.71. The molecule has 0 bridgehead atoms. The smallest absolute Gasteiger partial charge is 0.119 e. The molecule has 2 N–H and O–H groups in total. The molecule has 0 aliphatic heterocycles. The third-order valence-corrected chi connectivity index (χ3v) is 3.75. The third-order valence-electron chi connectivity index (χ3n) is 3.75.